The molecule has 0 aromatic carbocycles. The zero-order chi connectivity index (χ0) is 9.68. The van der Waals surface area contributed by atoms with E-state index in [0.29, 0.717) is 11.3 Å². The average Bonchev–Trinajstić information content (AvgIpc) is 2.15. The van der Waals surface area contributed by atoms with Gasteiger partial charge in [0.15, 0.2) is 0 Å². The second kappa shape index (κ2) is 4.59. The number of nitrogens with zero attached hydrogens (tertiary/aromatic N) is 2. The number of nitrogens with one attached hydrogen (secondary N) is 1. The summed E-state index contributed by atoms with van der Waals surface area (Å²) in [6.45, 7) is 1.94. The van der Waals surface area contributed by atoms with Gasteiger partial charge in [-0.2, -0.15) is 10.5 Å². The number of thioether (sulfide) groups is 1. The van der Waals surface area contributed by atoms with Crippen LogP contribution in [0.15, 0.2) is 23.4 Å². The van der Waals surface area contributed by atoms with Crippen LogP contribution < -0.4 is 5.32 Å². The molecule has 1 N–H and O–H groups in total. The maximum Gasteiger partial charge on any atom is 0.109 e. The van der Waals surface area contributed by atoms with Crippen LogP contribution >= 0.6 is 11.8 Å². The van der Waals surface area contributed by atoms with E-state index >= 15 is 0 Å². The molecule has 0 aromatic rings. The van der Waals surface area contributed by atoms with Crippen molar-refractivity contribution >= 4 is 11.8 Å². The molecule has 0 aliphatic carbocycles. The second-order valence-electron chi connectivity index (χ2n) is 2.58. The summed E-state index contributed by atoms with van der Waals surface area (Å²) in [6, 6.07) is 4.15. The highest BCUT2D eigenvalue weighted by molar-refractivity contribution is 8.00. The Morgan fingerprint density at radius 3 is 2.92 bits per heavy atom. The molecule has 13 heavy (non-hydrogen) atoms. The SMILES string of the molecule is CC1=CC=C(C#N)C(SCC#N)N1. The fourth-order valence-electron chi connectivity index (χ4n) is 0.983. The second-order valence-corrected chi connectivity index (χ2v) is 3.67. The summed E-state index contributed by atoms with van der Waals surface area (Å²) in [5.41, 5.74) is 1.69. The maximum atomic E-state index is 8.76. The summed E-state index contributed by atoms with van der Waals surface area (Å²) < 4.78 is 0. The average molecular weight is 191 g/mol. The Balaban J connectivity index is 2.67. The quantitative estimate of drug-likeness (QED) is 0.719. The Morgan fingerprint density at radius 2 is 2.31 bits per heavy atom. The molecule has 66 valence electrons. The molecule has 0 aromatic heterocycles. The predicted octanol–water partition coefficient (Wildman–Crippen LogP) is 1.53. The van der Waals surface area contributed by atoms with Crippen LogP contribution in [0.3, 0.4) is 0 Å². The molecule has 0 saturated heterocycles. The highest BCUT2D eigenvalue weighted by atomic mass is 32.2. The Labute approximate surface area is 81.7 Å². The molecule has 0 bridgehead atoms. The van der Waals surface area contributed by atoms with Crippen molar-refractivity contribution in [2.75, 3.05) is 5.75 Å². The van der Waals surface area contributed by atoms with Crippen molar-refractivity contribution in [2.45, 2.75) is 12.3 Å². The monoisotopic (exact) mass is 191 g/mol. The van der Waals surface area contributed by atoms with Crippen molar-refractivity contribution in [3.05, 3.63) is 23.4 Å². The Bertz CT molecular complexity index is 330. The zero-order valence-corrected chi connectivity index (χ0v) is 8.06. The van der Waals surface area contributed by atoms with E-state index in [1.54, 1.807) is 6.08 Å². The standard InChI is InChI=1S/C9H9N3S/c1-7-2-3-8(6-11)9(12-7)13-5-4-10/h2-3,9,12H,5H2,1H3. The van der Waals surface area contributed by atoms with Gasteiger partial charge in [0, 0.05) is 5.70 Å². The van der Waals surface area contributed by atoms with Gasteiger partial charge < -0.3 is 5.32 Å². The molecule has 0 saturated carbocycles. The van der Waals surface area contributed by atoms with E-state index < -0.39 is 0 Å². The first-order valence-electron chi connectivity index (χ1n) is 3.81. The van der Waals surface area contributed by atoms with Crippen molar-refractivity contribution < 1.29 is 0 Å². The Kier molecular flexibility index (Phi) is 3.42. The summed E-state index contributed by atoms with van der Waals surface area (Å²) in [7, 11) is 0. The third-order valence-electron chi connectivity index (χ3n) is 1.60. The highest BCUT2D eigenvalue weighted by Gasteiger charge is 2.16. The lowest BCUT2D eigenvalue weighted by atomic mass is 10.2. The Morgan fingerprint density at radius 1 is 1.54 bits per heavy atom. The van der Waals surface area contributed by atoms with Gasteiger partial charge in [-0.15, -0.1) is 11.8 Å². The first-order valence-corrected chi connectivity index (χ1v) is 4.86. The number of hydrogen-bond acceptors (Lipinski definition) is 4. The summed E-state index contributed by atoms with van der Waals surface area (Å²) in [6.07, 6.45) is 3.66. The van der Waals surface area contributed by atoms with Gasteiger partial charge in [0.1, 0.15) is 5.37 Å². The Hall–Kier alpha value is -1.39. The minimum atomic E-state index is -0.0605. The van der Waals surface area contributed by atoms with E-state index in [9.17, 15) is 0 Å². The van der Waals surface area contributed by atoms with E-state index in [1.807, 2.05) is 19.1 Å². The van der Waals surface area contributed by atoms with E-state index in [2.05, 4.69) is 11.4 Å². The third-order valence-corrected chi connectivity index (χ3v) is 2.60. The lowest BCUT2D eigenvalue weighted by Crippen LogP contribution is -2.28. The summed E-state index contributed by atoms with van der Waals surface area (Å²) in [5, 5.41) is 20.2. The zero-order valence-electron chi connectivity index (χ0n) is 7.24. The molecule has 1 heterocycles. The summed E-state index contributed by atoms with van der Waals surface area (Å²) >= 11 is 1.43. The topological polar surface area (TPSA) is 59.6 Å². The van der Waals surface area contributed by atoms with E-state index in [0.717, 1.165) is 5.70 Å². The van der Waals surface area contributed by atoms with Crippen LogP contribution in [0.2, 0.25) is 0 Å². The fraction of sp³-hybridized carbons (Fsp3) is 0.333. The number of rotatable bonds is 2. The first-order chi connectivity index (χ1) is 6.27. The molecule has 1 atom stereocenters. The van der Waals surface area contributed by atoms with Gasteiger partial charge in [-0.1, -0.05) is 0 Å². The molecule has 4 heteroatoms. The lowest BCUT2D eigenvalue weighted by molar-refractivity contribution is 0.822. The molecular weight excluding hydrogens is 182 g/mol. The lowest BCUT2D eigenvalue weighted by Gasteiger charge is -2.20. The molecule has 0 spiro atoms. The highest BCUT2D eigenvalue weighted by Crippen LogP contribution is 2.20. The van der Waals surface area contributed by atoms with Crippen LogP contribution in [0.4, 0.5) is 0 Å². The van der Waals surface area contributed by atoms with Crippen molar-refractivity contribution in [3.8, 4) is 12.1 Å². The molecule has 0 fully saturated rings. The molecule has 3 nitrogen and oxygen atoms in total. The minimum Gasteiger partial charge on any atom is -0.372 e. The van der Waals surface area contributed by atoms with Gasteiger partial charge in [-0.25, -0.2) is 0 Å². The van der Waals surface area contributed by atoms with Crippen molar-refractivity contribution in [1.29, 1.82) is 10.5 Å². The molecule has 1 aliphatic rings. The number of allylic oxidation sites excluding steroid dienone is 3. The van der Waals surface area contributed by atoms with Crippen LogP contribution in [-0.4, -0.2) is 11.1 Å². The van der Waals surface area contributed by atoms with E-state index in [4.69, 9.17) is 10.5 Å². The maximum absolute atomic E-state index is 8.76. The normalized spacial score (nSPS) is 20.4. The molecule has 0 amide bonds. The van der Waals surface area contributed by atoms with Gasteiger partial charge >= 0.3 is 0 Å². The molecular formula is C9H9N3S. The minimum absolute atomic E-state index is 0.0605. The van der Waals surface area contributed by atoms with Crippen molar-refractivity contribution in [2.24, 2.45) is 0 Å². The van der Waals surface area contributed by atoms with Gasteiger partial charge in [0.2, 0.25) is 0 Å². The summed E-state index contributed by atoms with van der Waals surface area (Å²) in [4.78, 5) is 0. The van der Waals surface area contributed by atoms with Crippen LogP contribution in [0.5, 0.6) is 0 Å². The van der Waals surface area contributed by atoms with E-state index in [1.165, 1.54) is 11.8 Å². The van der Waals surface area contributed by atoms with Crippen molar-refractivity contribution in [3.63, 3.8) is 0 Å². The first kappa shape index (κ1) is 9.70. The molecule has 0 radical (unpaired) electrons. The molecule has 1 unspecified atom stereocenters. The fourth-order valence-corrected chi connectivity index (χ4v) is 1.80. The van der Waals surface area contributed by atoms with Gasteiger partial charge in [-0.3, -0.25) is 0 Å². The summed E-state index contributed by atoms with van der Waals surface area (Å²) in [5.74, 6) is 0.393. The largest absolute Gasteiger partial charge is 0.372 e. The van der Waals surface area contributed by atoms with E-state index in [-0.39, 0.29) is 5.37 Å². The van der Waals surface area contributed by atoms with Gasteiger partial charge in [0.05, 0.1) is 23.5 Å². The smallest absolute Gasteiger partial charge is 0.109 e. The van der Waals surface area contributed by atoms with Crippen LogP contribution in [-0.2, 0) is 0 Å². The number of dihydropyridines is 1. The predicted molar refractivity (Wildman–Crippen MR) is 52.4 cm³/mol. The van der Waals surface area contributed by atoms with Crippen molar-refractivity contribution in [1.82, 2.24) is 5.32 Å². The third kappa shape index (κ3) is 2.54. The molecule has 1 aliphatic heterocycles. The van der Waals surface area contributed by atoms with Crippen LogP contribution in [0.1, 0.15) is 6.92 Å². The van der Waals surface area contributed by atoms with Crippen LogP contribution in [0.25, 0.3) is 0 Å². The number of nitriles is 2. The van der Waals surface area contributed by atoms with Crippen LogP contribution in [0, 0.1) is 22.7 Å². The van der Waals surface area contributed by atoms with Gasteiger partial charge in [-0.05, 0) is 19.1 Å². The number of hydrogen-bond donors (Lipinski definition) is 1. The van der Waals surface area contributed by atoms with Gasteiger partial charge in [0.25, 0.3) is 0 Å². The molecule has 1 rings (SSSR count).